The van der Waals surface area contributed by atoms with Crippen LogP contribution in [0.25, 0.3) is 0 Å². The molecule has 8 heteroatoms. The number of hydrogen-bond acceptors (Lipinski definition) is 4. The van der Waals surface area contributed by atoms with Crippen LogP contribution >= 0.6 is 11.6 Å². The topological polar surface area (TPSA) is 74.8 Å². The quantitative estimate of drug-likeness (QED) is 0.751. The lowest BCUT2D eigenvalue weighted by atomic mass is 9.98. The van der Waals surface area contributed by atoms with Crippen molar-refractivity contribution in [2.45, 2.75) is 61.5 Å². The van der Waals surface area contributed by atoms with Gasteiger partial charge in [0, 0.05) is 36.0 Å². The largest absolute Gasteiger partial charge is 0.279 e. The number of carbonyl (C=O) groups is 2. The summed E-state index contributed by atoms with van der Waals surface area (Å²) in [6.07, 6.45) is 3.14. The van der Waals surface area contributed by atoms with Crippen LogP contribution in [0.2, 0.25) is 5.02 Å². The molecule has 3 fully saturated rings. The number of imide groups is 1. The molecule has 0 radical (unpaired) electrons. The molecule has 1 aromatic carbocycles. The minimum atomic E-state index is -3.60. The molecule has 4 rings (SSSR count). The minimum Gasteiger partial charge on any atom is -0.279 e. The SMILES string of the molecule is O=C1CCC(=O)N1C1CC2CCC(C1)N2S(=O)(=O)c1ccc(Cl)cc1. The third-order valence-corrected chi connectivity index (χ3v) is 7.76. The lowest BCUT2D eigenvalue weighted by Gasteiger charge is -2.40. The van der Waals surface area contributed by atoms with Gasteiger partial charge in [0.2, 0.25) is 21.8 Å². The zero-order valence-corrected chi connectivity index (χ0v) is 15.2. The summed E-state index contributed by atoms with van der Waals surface area (Å²) in [5, 5.41) is 0.492. The molecule has 3 aliphatic heterocycles. The standard InChI is InChI=1S/C17H19ClN2O4S/c18-11-1-5-15(6-2-11)25(23,24)20-12-3-4-13(20)10-14(9-12)19-16(21)7-8-17(19)22/h1-2,5-6,12-14H,3-4,7-10H2. The van der Waals surface area contributed by atoms with Gasteiger partial charge < -0.3 is 0 Å². The van der Waals surface area contributed by atoms with Gasteiger partial charge in [0.1, 0.15) is 0 Å². The van der Waals surface area contributed by atoms with Gasteiger partial charge in [-0.05, 0) is 49.9 Å². The number of likely N-dealkylation sites (tertiary alicyclic amines) is 1. The number of nitrogens with zero attached hydrogens (tertiary/aromatic N) is 2. The van der Waals surface area contributed by atoms with Gasteiger partial charge in [-0.1, -0.05) is 11.6 Å². The van der Waals surface area contributed by atoms with Crippen LogP contribution in [0, 0.1) is 0 Å². The average molecular weight is 383 g/mol. The third-order valence-electron chi connectivity index (χ3n) is 5.49. The molecule has 3 heterocycles. The van der Waals surface area contributed by atoms with E-state index in [0.29, 0.717) is 17.9 Å². The molecule has 0 aromatic heterocycles. The first kappa shape index (κ1) is 17.0. The van der Waals surface area contributed by atoms with Crippen molar-refractivity contribution >= 4 is 33.4 Å². The van der Waals surface area contributed by atoms with Gasteiger partial charge in [-0.15, -0.1) is 0 Å². The minimum absolute atomic E-state index is 0.122. The normalized spacial score (nSPS) is 30.3. The molecule has 2 amide bonds. The van der Waals surface area contributed by atoms with Crippen molar-refractivity contribution in [2.75, 3.05) is 0 Å². The highest BCUT2D eigenvalue weighted by molar-refractivity contribution is 7.89. The first-order valence-corrected chi connectivity index (χ1v) is 10.3. The molecule has 0 N–H and O–H groups in total. The van der Waals surface area contributed by atoms with Gasteiger partial charge in [-0.3, -0.25) is 14.5 Å². The van der Waals surface area contributed by atoms with Crippen LogP contribution in [0.5, 0.6) is 0 Å². The van der Waals surface area contributed by atoms with E-state index in [9.17, 15) is 18.0 Å². The van der Waals surface area contributed by atoms with Crippen molar-refractivity contribution in [3.05, 3.63) is 29.3 Å². The van der Waals surface area contributed by atoms with E-state index in [-0.39, 0.29) is 47.7 Å². The van der Waals surface area contributed by atoms with Gasteiger partial charge in [-0.2, -0.15) is 4.31 Å². The second-order valence-electron chi connectivity index (χ2n) is 6.96. The first-order chi connectivity index (χ1) is 11.9. The molecule has 0 spiro atoms. The summed E-state index contributed by atoms with van der Waals surface area (Å²) in [6, 6.07) is 5.70. The highest BCUT2D eigenvalue weighted by Crippen LogP contribution is 2.42. The molecule has 134 valence electrons. The number of hydrogen-bond donors (Lipinski definition) is 0. The predicted molar refractivity (Wildman–Crippen MR) is 91.4 cm³/mol. The fourth-order valence-electron chi connectivity index (χ4n) is 4.44. The van der Waals surface area contributed by atoms with E-state index in [1.165, 1.54) is 17.0 Å². The maximum absolute atomic E-state index is 13.1. The van der Waals surface area contributed by atoms with E-state index in [1.54, 1.807) is 16.4 Å². The van der Waals surface area contributed by atoms with Gasteiger partial charge in [-0.25, -0.2) is 8.42 Å². The Balaban J connectivity index is 1.59. The highest BCUT2D eigenvalue weighted by atomic mass is 35.5. The molecule has 3 aliphatic rings. The molecule has 25 heavy (non-hydrogen) atoms. The summed E-state index contributed by atoms with van der Waals surface area (Å²) in [6.45, 7) is 0. The van der Waals surface area contributed by atoms with Crippen LogP contribution < -0.4 is 0 Å². The fourth-order valence-corrected chi connectivity index (χ4v) is 6.46. The molecular weight excluding hydrogens is 364 g/mol. The Morgan fingerprint density at radius 2 is 1.40 bits per heavy atom. The Bertz CT molecular complexity index is 794. The van der Waals surface area contributed by atoms with Crippen molar-refractivity contribution in [1.29, 1.82) is 0 Å². The van der Waals surface area contributed by atoms with E-state index >= 15 is 0 Å². The highest BCUT2D eigenvalue weighted by Gasteiger charge is 2.50. The molecule has 2 unspecified atom stereocenters. The van der Waals surface area contributed by atoms with Crippen molar-refractivity contribution in [3.8, 4) is 0 Å². The van der Waals surface area contributed by atoms with Crippen LogP contribution in [0.4, 0.5) is 0 Å². The average Bonchev–Trinajstić information content (AvgIpc) is 3.05. The zero-order valence-electron chi connectivity index (χ0n) is 13.6. The smallest absolute Gasteiger partial charge is 0.243 e. The Kier molecular flexibility index (Phi) is 4.13. The van der Waals surface area contributed by atoms with Gasteiger partial charge >= 0.3 is 0 Å². The van der Waals surface area contributed by atoms with Crippen LogP contribution in [-0.2, 0) is 19.6 Å². The van der Waals surface area contributed by atoms with Crippen molar-refractivity contribution in [1.82, 2.24) is 9.21 Å². The lowest BCUT2D eigenvalue weighted by Crippen LogP contribution is -2.53. The molecule has 1 aromatic rings. The number of rotatable bonds is 3. The molecule has 3 saturated heterocycles. The Morgan fingerprint density at radius 1 is 0.880 bits per heavy atom. The summed E-state index contributed by atoms with van der Waals surface area (Å²) < 4.78 is 27.7. The van der Waals surface area contributed by atoms with E-state index in [4.69, 9.17) is 11.6 Å². The Hall–Kier alpha value is -1.44. The van der Waals surface area contributed by atoms with Crippen LogP contribution in [0.3, 0.4) is 0 Å². The fraction of sp³-hybridized carbons (Fsp3) is 0.529. The number of carbonyl (C=O) groups excluding carboxylic acids is 2. The summed E-state index contributed by atoms with van der Waals surface area (Å²) in [5.41, 5.74) is 0. The second-order valence-corrected chi connectivity index (χ2v) is 9.24. The molecule has 2 bridgehead atoms. The van der Waals surface area contributed by atoms with E-state index in [1.807, 2.05) is 0 Å². The van der Waals surface area contributed by atoms with E-state index in [2.05, 4.69) is 0 Å². The molecule has 2 atom stereocenters. The van der Waals surface area contributed by atoms with Gasteiger partial charge in [0.05, 0.1) is 4.90 Å². The zero-order chi connectivity index (χ0) is 17.8. The van der Waals surface area contributed by atoms with Crippen LogP contribution in [-0.4, -0.2) is 47.6 Å². The lowest BCUT2D eigenvalue weighted by molar-refractivity contribution is -0.142. The molecular formula is C17H19ClN2O4S. The van der Waals surface area contributed by atoms with Crippen LogP contribution in [0.1, 0.15) is 38.5 Å². The molecule has 0 aliphatic carbocycles. The maximum Gasteiger partial charge on any atom is 0.243 e. The number of amides is 2. The summed E-state index contributed by atoms with van der Waals surface area (Å²) in [7, 11) is -3.60. The van der Waals surface area contributed by atoms with E-state index in [0.717, 1.165) is 12.8 Å². The molecule has 0 saturated carbocycles. The Morgan fingerprint density at radius 3 is 1.92 bits per heavy atom. The predicted octanol–water partition coefficient (Wildman–Crippen LogP) is 2.17. The van der Waals surface area contributed by atoms with Gasteiger partial charge in [0.25, 0.3) is 0 Å². The monoisotopic (exact) mass is 382 g/mol. The van der Waals surface area contributed by atoms with Crippen LogP contribution in [0.15, 0.2) is 29.2 Å². The van der Waals surface area contributed by atoms with Crippen molar-refractivity contribution in [2.24, 2.45) is 0 Å². The summed E-state index contributed by atoms with van der Waals surface area (Å²) in [5.74, 6) is -0.244. The molecule has 6 nitrogen and oxygen atoms in total. The number of halogens is 1. The van der Waals surface area contributed by atoms with Crippen molar-refractivity contribution in [3.63, 3.8) is 0 Å². The number of piperidine rings is 1. The number of fused-ring (bicyclic) bond motifs is 2. The van der Waals surface area contributed by atoms with Crippen molar-refractivity contribution < 1.29 is 18.0 Å². The summed E-state index contributed by atoms with van der Waals surface area (Å²) >= 11 is 5.86. The third kappa shape index (κ3) is 2.78. The Labute approximate surface area is 151 Å². The summed E-state index contributed by atoms with van der Waals surface area (Å²) in [4.78, 5) is 25.6. The first-order valence-electron chi connectivity index (χ1n) is 8.52. The second kappa shape index (κ2) is 6.07. The maximum atomic E-state index is 13.1. The number of benzene rings is 1. The van der Waals surface area contributed by atoms with E-state index < -0.39 is 10.0 Å². The van der Waals surface area contributed by atoms with Gasteiger partial charge in [0.15, 0.2) is 0 Å². The number of sulfonamides is 1.